The van der Waals surface area contributed by atoms with Crippen molar-refractivity contribution in [2.24, 2.45) is 0 Å². The van der Waals surface area contributed by atoms with E-state index in [9.17, 15) is 0 Å². The highest BCUT2D eigenvalue weighted by atomic mass is 32.1. The van der Waals surface area contributed by atoms with Gasteiger partial charge in [0.2, 0.25) is 0 Å². The van der Waals surface area contributed by atoms with Gasteiger partial charge in [-0.25, -0.2) is 0 Å². The van der Waals surface area contributed by atoms with Crippen molar-refractivity contribution >= 4 is 75.3 Å². The highest BCUT2D eigenvalue weighted by molar-refractivity contribution is 7.22. The molecular weight excluding hydrogens is 585 g/mol. The molecule has 0 radical (unpaired) electrons. The van der Waals surface area contributed by atoms with Gasteiger partial charge in [-0.3, -0.25) is 0 Å². The SMILES string of the molecule is c1ccc2c(-c3c4ccccc4c(-c4cccc5sc(-c6ccc7ccc8ccccc8c7c6)cc45)c4ccccc34)cccc2c1. The predicted octanol–water partition coefficient (Wildman–Crippen LogP) is 13.7. The smallest absolute Gasteiger partial charge is 0.0355 e. The summed E-state index contributed by atoms with van der Waals surface area (Å²) in [5.74, 6) is 0. The lowest BCUT2D eigenvalue weighted by Gasteiger charge is -2.19. The number of rotatable bonds is 3. The number of hydrogen-bond acceptors (Lipinski definition) is 1. The summed E-state index contributed by atoms with van der Waals surface area (Å²) in [6.45, 7) is 0. The van der Waals surface area contributed by atoms with E-state index in [1.807, 2.05) is 11.3 Å². The second kappa shape index (κ2) is 10.4. The Bertz CT molecular complexity index is 2790. The molecule has 0 fully saturated rings. The van der Waals surface area contributed by atoms with E-state index in [1.165, 1.54) is 96.6 Å². The van der Waals surface area contributed by atoms with E-state index in [2.05, 4.69) is 170 Å². The van der Waals surface area contributed by atoms with Gasteiger partial charge in [-0.1, -0.05) is 152 Å². The molecule has 0 atom stereocenters. The molecule has 0 spiro atoms. The fourth-order valence-corrected chi connectivity index (χ4v) is 8.81. The second-order valence-corrected chi connectivity index (χ2v) is 13.5. The third-order valence-electron chi connectivity index (χ3n) is 9.85. The third-order valence-corrected chi connectivity index (χ3v) is 11.0. The lowest BCUT2D eigenvalue weighted by molar-refractivity contribution is 1.69. The van der Waals surface area contributed by atoms with Crippen LogP contribution in [0.2, 0.25) is 0 Å². The van der Waals surface area contributed by atoms with Crippen molar-refractivity contribution in [1.29, 1.82) is 0 Å². The monoisotopic (exact) mass is 612 g/mol. The Morgan fingerprint density at radius 2 is 0.766 bits per heavy atom. The van der Waals surface area contributed by atoms with Gasteiger partial charge in [0.1, 0.15) is 0 Å². The Kier molecular flexibility index (Phi) is 5.85. The lowest BCUT2D eigenvalue weighted by Crippen LogP contribution is -1.91. The summed E-state index contributed by atoms with van der Waals surface area (Å²) in [5.41, 5.74) is 6.44. The minimum absolute atomic E-state index is 1.26. The van der Waals surface area contributed by atoms with Gasteiger partial charge in [0.05, 0.1) is 0 Å². The zero-order chi connectivity index (χ0) is 30.9. The minimum atomic E-state index is 1.26. The van der Waals surface area contributed by atoms with E-state index in [1.54, 1.807) is 0 Å². The van der Waals surface area contributed by atoms with E-state index in [0.29, 0.717) is 0 Å². The van der Waals surface area contributed by atoms with Crippen LogP contribution in [0.15, 0.2) is 170 Å². The topological polar surface area (TPSA) is 0 Å². The average molecular weight is 613 g/mol. The molecule has 0 aliphatic carbocycles. The van der Waals surface area contributed by atoms with Crippen LogP contribution >= 0.6 is 11.3 Å². The fraction of sp³-hybridized carbons (Fsp3) is 0. The summed E-state index contributed by atoms with van der Waals surface area (Å²) in [6, 6.07) is 62.8. The fourth-order valence-electron chi connectivity index (χ4n) is 7.73. The highest BCUT2D eigenvalue weighted by Gasteiger charge is 2.20. The highest BCUT2D eigenvalue weighted by Crippen LogP contribution is 2.48. The van der Waals surface area contributed by atoms with Crippen LogP contribution in [0.4, 0.5) is 0 Å². The molecule has 0 bridgehead atoms. The van der Waals surface area contributed by atoms with Crippen molar-refractivity contribution in [1.82, 2.24) is 0 Å². The van der Waals surface area contributed by atoms with Crippen LogP contribution in [-0.4, -0.2) is 0 Å². The molecule has 0 aliphatic rings. The molecule has 0 N–H and O–H groups in total. The van der Waals surface area contributed by atoms with Gasteiger partial charge in [-0.05, 0) is 99.9 Å². The molecule has 10 rings (SSSR count). The van der Waals surface area contributed by atoms with Crippen LogP contribution in [0.3, 0.4) is 0 Å². The van der Waals surface area contributed by atoms with Gasteiger partial charge >= 0.3 is 0 Å². The summed E-state index contributed by atoms with van der Waals surface area (Å²) in [4.78, 5) is 1.29. The normalized spacial score (nSPS) is 11.8. The Hall–Kier alpha value is -5.76. The molecular formula is C46H28S. The standard InChI is InChI=1S/C46H28S/c1-3-14-33-29(11-1)13-9-20-35(33)45-36-16-5-7-18-38(36)46(39-19-8-6-17-37(39)45)40-21-10-22-43-42(40)28-44(47-43)32-26-25-31-24-23-30-12-2-4-15-34(30)41(31)27-32/h1-28H. The molecule has 10 aromatic rings. The number of fused-ring (bicyclic) bond motifs is 7. The molecule has 1 heteroatoms. The average Bonchev–Trinajstić information content (AvgIpc) is 3.58. The molecule has 9 aromatic carbocycles. The van der Waals surface area contributed by atoms with Crippen molar-refractivity contribution in [3.63, 3.8) is 0 Å². The van der Waals surface area contributed by atoms with Crippen LogP contribution < -0.4 is 0 Å². The first-order valence-corrected chi connectivity index (χ1v) is 17.0. The van der Waals surface area contributed by atoms with Crippen molar-refractivity contribution in [2.45, 2.75) is 0 Å². The van der Waals surface area contributed by atoms with E-state index in [-0.39, 0.29) is 0 Å². The van der Waals surface area contributed by atoms with Crippen LogP contribution in [0.1, 0.15) is 0 Å². The molecule has 1 aromatic heterocycles. The number of hydrogen-bond donors (Lipinski definition) is 0. The van der Waals surface area contributed by atoms with E-state index >= 15 is 0 Å². The molecule has 0 saturated carbocycles. The number of benzene rings is 9. The minimum Gasteiger partial charge on any atom is -0.135 e. The zero-order valence-corrected chi connectivity index (χ0v) is 26.4. The lowest BCUT2D eigenvalue weighted by atomic mass is 9.84. The first-order valence-electron chi connectivity index (χ1n) is 16.2. The van der Waals surface area contributed by atoms with Crippen LogP contribution in [0.5, 0.6) is 0 Å². The maximum Gasteiger partial charge on any atom is 0.0355 e. The Labute approximate surface area is 276 Å². The van der Waals surface area contributed by atoms with Gasteiger partial charge in [0.25, 0.3) is 0 Å². The Balaban J connectivity index is 1.24. The second-order valence-electron chi connectivity index (χ2n) is 12.4. The van der Waals surface area contributed by atoms with Gasteiger partial charge < -0.3 is 0 Å². The van der Waals surface area contributed by atoms with Crippen molar-refractivity contribution < 1.29 is 0 Å². The van der Waals surface area contributed by atoms with Crippen molar-refractivity contribution in [2.75, 3.05) is 0 Å². The van der Waals surface area contributed by atoms with Gasteiger partial charge in [-0.15, -0.1) is 11.3 Å². The molecule has 0 saturated heterocycles. The van der Waals surface area contributed by atoms with Crippen LogP contribution in [-0.2, 0) is 0 Å². The third kappa shape index (κ3) is 4.07. The molecule has 47 heavy (non-hydrogen) atoms. The van der Waals surface area contributed by atoms with Crippen LogP contribution in [0.25, 0.3) is 96.6 Å². The van der Waals surface area contributed by atoms with Crippen molar-refractivity contribution in [3.8, 4) is 32.7 Å². The van der Waals surface area contributed by atoms with Gasteiger partial charge in [-0.2, -0.15) is 0 Å². The summed E-state index contributed by atoms with van der Waals surface area (Å²) < 4.78 is 1.31. The predicted molar refractivity (Wildman–Crippen MR) is 206 cm³/mol. The van der Waals surface area contributed by atoms with Gasteiger partial charge in [0.15, 0.2) is 0 Å². The summed E-state index contributed by atoms with van der Waals surface area (Å²) in [6.07, 6.45) is 0. The maximum atomic E-state index is 2.42. The number of thiophene rings is 1. The van der Waals surface area contributed by atoms with E-state index in [0.717, 1.165) is 0 Å². The maximum absolute atomic E-state index is 2.42. The largest absolute Gasteiger partial charge is 0.135 e. The molecule has 0 nitrogen and oxygen atoms in total. The Morgan fingerprint density at radius 1 is 0.298 bits per heavy atom. The quantitative estimate of drug-likeness (QED) is 0.138. The Morgan fingerprint density at radius 3 is 1.43 bits per heavy atom. The first-order chi connectivity index (χ1) is 23.3. The summed E-state index contributed by atoms with van der Waals surface area (Å²) >= 11 is 1.89. The van der Waals surface area contributed by atoms with E-state index < -0.39 is 0 Å². The van der Waals surface area contributed by atoms with E-state index in [4.69, 9.17) is 0 Å². The first kappa shape index (κ1) is 26.5. The van der Waals surface area contributed by atoms with Crippen LogP contribution in [0, 0.1) is 0 Å². The molecule has 0 amide bonds. The molecule has 218 valence electrons. The van der Waals surface area contributed by atoms with Crippen molar-refractivity contribution in [3.05, 3.63) is 170 Å². The summed E-state index contributed by atoms with van der Waals surface area (Å²) in [5, 5.41) is 14.2. The molecule has 0 aliphatic heterocycles. The molecule has 1 heterocycles. The van der Waals surface area contributed by atoms with Gasteiger partial charge in [0, 0.05) is 15.0 Å². The summed E-state index contributed by atoms with van der Waals surface area (Å²) in [7, 11) is 0. The molecule has 0 unspecified atom stereocenters. The zero-order valence-electron chi connectivity index (χ0n) is 25.6.